The van der Waals surface area contributed by atoms with Gasteiger partial charge in [-0.25, -0.2) is 9.69 Å². The van der Waals surface area contributed by atoms with E-state index in [0.29, 0.717) is 18.8 Å². The predicted octanol–water partition coefficient (Wildman–Crippen LogP) is 5.88. The average molecular weight is 449 g/mol. The summed E-state index contributed by atoms with van der Waals surface area (Å²) in [5.74, 6) is 0.379. The zero-order valence-corrected chi connectivity index (χ0v) is 19.4. The van der Waals surface area contributed by atoms with Gasteiger partial charge in [-0.1, -0.05) is 29.8 Å². The highest BCUT2D eigenvalue weighted by Crippen LogP contribution is 2.52. The molecule has 2 aromatic carbocycles. The van der Waals surface area contributed by atoms with Crippen LogP contribution in [-0.4, -0.2) is 28.8 Å². The van der Waals surface area contributed by atoms with Gasteiger partial charge < -0.3 is 9.64 Å². The number of anilines is 1. The monoisotopic (exact) mass is 448 g/mol. The number of rotatable bonds is 5. The molecule has 32 heavy (non-hydrogen) atoms. The number of ether oxygens (including phenoxy) is 1. The quantitative estimate of drug-likeness (QED) is 0.573. The number of allylic oxidation sites excluding steroid dienone is 1. The lowest BCUT2D eigenvalue weighted by molar-refractivity contribution is -0.122. The van der Waals surface area contributed by atoms with Gasteiger partial charge in [-0.3, -0.25) is 4.79 Å². The maximum atomic E-state index is 13.8. The average Bonchev–Trinajstić information content (AvgIpc) is 3.18. The van der Waals surface area contributed by atoms with Gasteiger partial charge in [0.05, 0.1) is 23.6 Å². The summed E-state index contributed by atoms with van der Waals surface area (Å²) >= 11 is 1.74. The van der Waals surface area contributed by atoms with E-state index in [9.17, 15) is 9.59 Å². The molecule has 3 amide bonds. The van der Waals surface area contributed by atoms with Gasteiger partial charge >= 0.3 is 6.03 Å². The number of hydrogen-bond acceptors (Lipinski definition) is 4. The second-order valence-electron chi connectivity index (χ2n) is 8.64. The zero-order chi connectivity index (χ0) is 22.2. The van der Waals surface area contributed by atoms with Crippen LogP contribution in [0, 0.1) is 12.8 Å². The first kappa shape index (κ1) is 21.1. The molecule has 1 fully saturated rings. The Morgan fingerprint density at radius 1 is 1.06 bits per heavy atom. The minimum atomic E-state index is -0.260. The number of carbonyl (C=O) groups is 2. The molecular formula is C26H28N2O3S. The second-order valence-corrected chi connectivity index (χ2v) is 9.85. The number of hydrogen-bond donors (Lipinski definition) is 0. The summed E-state index contributed by atoms with van der Waals surface area (Å²) < 4.78 is 5.54. The van der Waals surface area contributed by atoms with Crippen molar-refractivity contribution in [3.8, 4) is 5.75 Å². The van der Waals surface area contributed by atoms with Crippen LogP contribution in [-0.2, 0) is 11.3 Å². The molecule has 0 bridgehead atoms. The third-order valence-electron chi connectivity index (χ3n) is 6.45. The highest BCUT2D eigenvalue weighted by molar-refractivity contribution is 8.04. The van der Waals surface area contributed by atoms with Crippen LogP contribution < -0.4 is 9.64 Å². The fourth-order valence-electron chi connectivity index (χ4n) is 5.00. The fraction of sp³-hybridized carbons (Fsp3) is 0.385. The van der Waals surface area contributed by atoms with Crippen molar-refractivity contribution >= 4 is 29.4 Å². The van der Waals surface area contributed by atoms with Crippen LogP contribution in [0.3, 0.4) is 0 Å². The summed E-state index contributed by atoms with van der Waals surface area (Å²) in [4.78, 5) is 32.1. The van der Waals surface area contributed by atoms with E-state index in [-0.39, 0.29) is 23.2 Å². The van der Waals surface area contributed by atoms with Crippen LogP contribution in [0.5, 0.6) is 5.75 Å². The van der Waals surface area contributed by atoms with Crippen molar-refractivity contribution in [2.45, 2.75) is 51.4 Å². The van der Waals surface area contributed by atoms with Gasteiger partial charge in [0.25, 0.3) is 0 Å². The first-order valence-electron chi connectivity index (χ1n) is 11.4. The highest BCUT2D eigenvalue weighted by atomic mass is 32.2. The molecule has 1 saturated heterocycles. The van der Waals surface area contributed by atoms with E-state index < -0.39 is 0 Å². The van der Waals surface area contributed by atoms with E-state index in [1.807, 2.05) is 42.2 Å². The molecule has 2 unspecified atom stereocenters. The summed E-state index contributed by atoms with van der Waals surface area (Å²) in [6, 6.07) is 15.3. The lowest BCUT2D eigenvalue weighted by atomic mass is 9.86. The molecule has 2 heterocycles. The maximum Gasteiger partial charge on any atom is 0.332 e. The number of amides is 3. The number of nitrogens with zero attached hydrogens (tertiary/aromatic N) is 2. The van der Waals surface area contributed by atoms with E-state index in [0.717, 1.165) is 37.0 Å². The van der Waals surface area contributed by atoms with Gasteiger partial charge in [0.2, 0.25) is 5.91 Å². The molecule has 1 aliphatic carbocycles. The van der Waals surface area contributed by atoms with E-state index in [4.69, 9.17) is 4.74 Å². The Hall–Kier alpha value is -2.73. The Balaban J connectivity index is 1.53. The standard InChI is InChI=1S/C26H28N2O3S/c1-3-31-20-13-11-19(12-14-20)28-24(29)23-21-9-4-5-10-22(21)32-25(23)27(26(28)30)16-18-8-6-7-17(2)15-18/h6-8,11-15,23,25H,3-5,9-10,16H2,1-2H3. The molecule has 2 aromatic rings. The minimum Gasteiger partial charge on any atom is -0.494 e. The van der Waals surface area contributed by atoms with Crippen molar-refractivity contribution in [2.24, 2.45) is 5.92 Å². The lowest BCUT2D eigenvalue weighted by Gasteiger charge is -2.42. The molecule has 0 aromatic heterocycles. The van der Waals surface area contributed by atoms with Gasteiger partial charge in [0.1, 0.15) is 5.75 Å². The van der Waals surface area contributed by atoms with Gasteiger partial charge in [0.15, 0.2) is 0 Å². The normalized spacial score (nSPS) is 22.8. The topological polar surface area (TPSA) is 49.9 Å². The van der Waals surface area contributed by atoms with Crippen molar-refractivity contribution in [3.63, 3.8) is 0 Å². The molecule has 0 radical (unpaired) electrons. The lowest BCUT2D eigenvalue weighted by Crippen LogP contribution is -2.60. The third-order valence-corrected chi connectivity index (χ3v) is 7.97. The molecule has 0 N–H and O–H groups in total. The number of thioether (sulfide) groups is 1. The summed E-state index contributed by atoms with van der Waals surface area (Å²) in [7, 11) is 0. The molecular weight excluding hydrogens is 420 g/mol. The van der Waals surface area contributed by atoms with Crippen LogP contribution in [0.25, 0.3) is 0 Å². The summed E-state index contributed by atoms with van der Waals surface area (Å²) in [6.07, 6.45) is 4.26. The van der Waals surface area contributed by atoms with Gasteiger partial charge in [-0.2, -0.15) is 0 Å². The molecule has 6 heteroatoms. The number of benzene rings is 2. The Bertz CT molecular complexity index is 1080. The third kappa shape index (κ3) is 3.71. The first-order chi connectivity index (χ1) is 15.6. The van der Waals surface area contributed by atoms with Crippen LogP contribution in [0.15, 0.2) is 59.0 Å². The number of fused-ring (bicyclic) bond motifs is 2. The van der Waals surface area contributed by atoms with Crippen molar-refractivity contribution in [2.75, 3.05) is 11.5 Å². The predicted molar refractivity (Wildman–Crippen MR) is 128 cm³/mol. The first-order valence-corrected chi connectivity index (χ1v) is 12.3. The van der Waals surface area contributed by atoms with E-state index in [2.05, 4.69) is 25.1 Å². The van der Waals surface area contributed by atoms with Crippen molar-refractivity contribution < 1.29 is 14.3 Å². The smallest absolute Gasteiger partial charge is 0.332 e. The van der Waals surface area contributed by atoms with E-state index >= 15 is 0 Å². The molecule has 2 aliphatic heterocycles. The largest absolute Gasteiger partial charge is 0.494 e. The molecule has 0 spiro atoms. The molecule has 166 valence electrons. The molecule has 5 rings (SSSR count). The van der Waals surface area contributed by atoms with Gasteiger partial charge in [-0.05, 0) is 79.8 Å². The Labute approximate surface area is 193 Å². The zero-order valence-electron chi connectivity index (χ0n) is 18.5. The van der Waals surface area contributed by atoms with Crippen molar-refractivity contribution in [1.82, 2.24) is 4.90 Å². The molecule has 3 aliphatic rings. The van der Waals surface area contributed by atoms with E-state index in [1.165, 1.54) is 20.9 Å². The van der Waals surface area contributed by atoms with Crippen LogP contribution in [0.2, 0.25) is 0 Å². The summed E-state index contributed by atoms with van der Waals surface area (Å²) in [5.41, 5.74) is 4.11. The molecule has 2 atom stereocenters. The number of urea groups is 1. The van der Waals surface area contributed by atoms with Crippen LogP contribution in [0.1, 0.15) is 43.7 Å². The number of imide groups is 1. The highest BCUT2D eigenvalue weighted by Gasteiger charge is 2.52. The SMILES string of the molecule is CCOc1ccc(N2C(=O)C3C4=C(CCCC4)SC3N(Cc3cccc(C)c3)C2=O)cc1. The van der Waals surface area contributed by atoms with Gasteiger partial charge in [0, 0.05) is 6.54 Å². The molecule has 0 saturated carbocycles. The van der Waals surface area contributed by atoms with Gasteiger partial charge in [-0.15, -0.1) is 11.8 Å². The van der Waals surface area contributed by atoms with Crippen LogP contribution in [0.4, 0.5) is 10.5 Å². The minimum absolute atomic E-state index is 0.0935. The summed E-state index contributed by atoms with van der Waals surface area (Å²) in [5, 5.41) is -0.155. The Morgan fingerprint density at radius 2 is 1.84 bits per heavy atom. The fourth-order valence-corrected chi connectivity index (χ4v) is 6.64. The number of carbonyl (C=O) groups excluding carboxylic acids is 2. The summed E-state index contributed by atoms with van der Waals surface area (Å²) in [6.45, 7) is 5.06. The molecule has 5 nitrogen and oxygen atoms in total. The van der Waals surface area contributed by atoms with Crippen molar-refractivity contribution in [3.05, 3.63) is 70.1 Å². The maximum absolute atomic E-state index is 13.8. The van der Waals surface area contributed by atoms with E-state index in [1.54, 1.807) is 11.8 Å². The van der Waals surface area contributed by atoms with Crippen molar-refractivity contribution in [1.29, 1.82) is 0 Å². The number of aryl methyl sites for hydroxylation is 1. The Kier molecular flexibility index (Phi) is 5.72. The van der Waals surface area contributed by atoms with Crippen LogP contribution >= 0.6 is 11.8 Å². The Morgan fingerprint density at radius 3 is 2.59 bits per heavy atom. The second kappa shape index (κ2) is 8.66.